The number of hydrazine groups is 1. The second-order valence-corrected chi connectivity index (χ2v) is 9.33. The van der Waals surface area contributed by atoms with E-state index in [0.717, 1.165) is 28.4 Å². The molecule has 1 aromatic heterocycles. The molecule has 4 saturated carbocycles. The van der Waals surface area contributed by atoms with Crippen molar-refractivity contribution < 1.29 is 0 Å². The van der Waals surface area contributed by atoms with E-state index in [1.54, 1.807) is 11.3 Å². The first kappa shape index (κ1) is 14.9. The minimum Gasteiger partial charge on any atom is -0.356 e. The zero-order valence-electron chi connectivity index (χ0n) is 13.5. The average Bonchev–Trinajstić information content (AvgIpc) is 2.94. The van der Waals surface area contributed by atoms with E-state index in [0.29, 0.717) is 5.11 Å². The summed E-state index contributed by atoms with van der Waals surface area (Å²) in [5, 5.41) is 5.22. The van der Waals surface area contributed by atoms with Crippen LogP contribution in [0.3, 0.4) is 0 Å². The van der Waals surface area contributed by atoms with Crippen LogP contribution in [0.1, 0.15) is 38.5 Å². The number of thiazole rings is 1. The highest BCUT2D eigenvalue weighted by Crippen LogP contribution is 2.55. The third-order valence-corrected chi connectivity index (χ3v) is 7.15. The van der Waals surface area contributed by atoms with Crippen molar-refractivity contribution >= 4 is 44.0 Å². The fraction of sp³-hybridized carbons (Fsp3) is 0.556. The van der Waals surface area contributed by atoms with Gasteiger partial charge >= 0.3 is 0 Å². The third kappa shape index (κ3) is 2.65. The minimum absolute atomic E-state index is 0.244. The Bertz CT molecular complexity index is 716. The molecular formula is C18H22N4S2. The summed E-state index contributed by atoms with van der Waals surface area (Å²) in [5.41, 5.74) is 7.59. The lowest BCUT2D eigenvalue weighted by molar-refractivity contribution is -0.0101. The minimum atomic E-state index is 0.244. The molecule has 0 aliphatic heterocycles. The molecule has 4 aliphatic carbocycles. The topological polar surface area (TPSA) is 49.0 Å². The van der Waals surface area contributed by atoms with Crippen LogP contribution in [0.4, 0.5) is 5.13 Å². The van der Waals surface area contributed by atoms with Crippen LogP contribution in [0.2, 0.25) is 0 Å². The normalized spacial score (nSPS) is 33.6. The molecule has 0 spiro atoms. The number of anilines is 1. The monoisotopic (exact) mass is 358 g/mol. The summed E-state index contributed by atoms with van der Waals surface area (Å²) < 4.78 is 1.18. The van der Waals surface area contributed by atoms with E-state index in [-0.39, 0.29) is 5.54 Å². The Balaban J connectivity index is 1.23. The molecule has 0 amide bonds. The Morgan fingerprint density at radius 3 is 2.42 bits per heavy atom. The van der Waals surface area contributed by atoms with Crippen LogP contribution in [-0.2, 0) is 0 Å². The van der Waals surface area contributed by atoms with Crippen LogP contribution in [0.15, 0.2) is 24.3 Å². The van der Waals surface area contributed by atoms with E-state index >= 15 is 0 Å². The van der Waals surface area contributed by atoms with Crippen LogP contribution in [-0.4, -0.2) is 15.6 Å². The van der Waals surface area contributed by atoms with Crippen molar-refractivity contribution in [2.45, 2.75) is 44.1 Å². The van der Waals surface area contributed by atoms with Crippen molar-refractivity contribution in [3.63, 3.8) is 0 Å². The number of aromatic nitrogens is 1. The van der Waals surface area contributed by atoms with Gasteiger partial charge in [-0.3, -0.25) is 10.9 Å². The molecule has 4 aliphatic rings. The predicted octanol–water partition coefficient (Wildman–Crippen LogP) is 4.06. The fourth-order valence-electron chi connectivity index (χ4n) is 5.57. The first-order valence-corrected chi connectivity index (χ1v) is 10.1. The van der Waals surface area contributed by atoms with Gasteiger partial charge in [-0.05, 0) is 80.6 Å². The number of hydrogen-bond donors (Lipinski definition) is 3. The highest BCUT2D eigenvalue weighted by Gasteiger charge is 2.51. The summed E-state index contributed by atoms with van der Waals surface area (Å²) in [4.78, 5) is 4.57. The maximum atomic E-state index is 5.56. The van der Waals surface area contributed by atoms with Gasteiger partial charge in [-0.2, -0.15) is 0 Å². The molecule has 6 rings (SSSR count). The zero-order valence-corrected chi connectivity index (χ0v) is 15.2. The highest BCUT2D eigenvalue weighted by molar-refractivity contribution is 7.80. The number of fused-ring (bicyclic) bond motifs is 1. The van der Waals surface area contributed by atoms with E-state index in [1.807, 2.05) is 18.2 Å². The number of thiocarbonyl (C=S) groups is 1. The smallest absolute Gasteiger partial charge is 0.202 e. The molecule has 4 nitrogen and oxygen atoms in total. The van der Waals surface area contributed by atoms with Gasteiger partial charge < -0.3 is 5.32 Å². The summed E-state index contributed by atoms with van der Waals surface area (Å²) >= 11 is 7.20. The maximum absolute atomic E-state index is 5.56. The zero-order chi connectivity index (χ0) is 16.1. The molecule has 126 valence electrons. The van der Waals surface area contributed by atoms with Crippen molar-refractivity contribution in [3.05, 3.63) is 24.3 Å². The second kappa shape index (κ2) is 5.56. The van der Waals surface area contributed by atoms with Crippen molar-refractivity contribution in [1.82, 2.24) is 15.7 Å². The van der Waals surface area contributed by atoms with Gasteiger partial charge in [-0.25, -0.2) is 4.98 Å². The molecule has 0 atom stereocenters. The van der Waals surface area contributed by atoms with Gasteiger partial charge in [0.2, 0.25) is 5.13 Å². The molecule has 2 aromatic rings. The predicted molar refractivity (Wildman–Crippen MR) is 103 cm³/mol. The van der Waals surface area contributed by atoms with Crippen molar-refractivity contribution in [2.75, 3.05) is 5.43 Å². The van der Waals surface area contributed by atoms with Gasteiger partial charge in [0.1, 0.15) is 0 Å². The maximum Gasteiger partial charge on any atom is 0.202 e. The Kier molecular flexibility index (Phi) is 3.45. The lowest BCUT2D eigenvalue weighted by Gasteiger charge is -2.57. The van der Waals surface area contributed by atoms with Crippen LogP contribution < -0.4 is 16.2 Å². The van der Waals surface area contributed by atoms with E-state index < -0.39 is 0 Å². The van der Waals surface area contributed by atoms with Crippen LogP contribution in [0.25, 0.3) is 10.2 Å². The van der Waals surface area contributed by atoms with Gasteiger partial charge in [0.25, 0.3) is 0 Å². The SMILES string of the molecule is S=C(NNc1nc2ccccc2s1)NC12CC3CC(CC(C3)C1)C2. The molecular weight excluding hydrogens is 336 g/mol. The van der Waals surface area contributed by atoms with Gasteiger partial charge in [-0.1, -0.05) is 23.5 Å². The molecule has 0 saturated heterocycles. The van der Waals surface area contributed by atoms with Gasteiger partial charge in [0.05, 0.1) is 10.2 Å². The summed E-state index contributed by atoms with van der Waals surface area (Å²) in [5.74, 6) is 2.76. The molecule has 4 bridgehead atoms. The molecule has 1 aromatic carbocycles. The molecule has 0 unspecified atom stereocenters. The number of nitrogens with one attached hydrogen (secondary N) is 3. The highest BCUT2D eigenvalue weighted by atomic mass is 32.1. The summed E-state index contributed by atoms with van der Waals surface area (Å²) in [6.45, 7) is 0. The quantitative estimate of drug-likeness (QED) is 0.571. The third-order valence-electron chi connectivity index (χ3n) is 5.99. The molecule has 6 heteroatoms. The van der Waals surface area contributed by atoms with Crippen molar-refractivity contribution in [2.24, 2.45) is 17.8 Å². The molecule has 24 heavy (non-hydrogen) atoms. The lowest BCUT2D eigenvalue weighted by Crippen LogP contribution is -2.61. The van der Waals surface area contributed by atoms with Gasteiger partial charge in [0, 0.05) is 5.54 Å². The van der Waals surface area contributed by atoms with Gasteiger partial charge in [0.15, 0.2) is 5.11 Å². The second-order valence-electron chi connectivity index (χ2n) is 7.89. The summed E-state index contributed by atoms with van der Waals surface area (Å²) in [6, 6.07) is 8.17. The van der Waals surface area contributed by atoms with E-state index in [1.165, 1.54) is 43.2 Å². The molecule has 0 radical (unpaired) electrons. The summed E-state index contributed by atoms with van der Waals surface area (Å²) in [6.07, 6.45) is 8.23. The largest absolute Gasteiger partial charge is 0.356 e. The Morgan fingerprint density at radius 2 is 1.75 bits per heavy atom. The standard InChI is InChI=1S/C18H22N4S2/c23-16(21-22-17-19-14-3-1-2-4-15(14)24-17)20-18-8-11-5-12(9-18)7-13(6-11)10-18/h1-4,11-13H,5-10H2,(H,19,22)(H2,20,21,23). The molecule has 3 N–H and O–H groups in total. The Labute approximate surface area is 151 Å². The first-order valence-electron chi connectivity index (χ1n) is 8.87. The van der Waals surface area contributed by atoms with Crippen molar-refractivity contribution in [3.8, 4) is 0 Å². The van der Waals surface area contributed by atoms with Crippen LogP contribution >= 0.6 is 23.6 Å². The average molecular weight is 359 g/mol. The number of rotatable bonds is 3. The number of para-hydroxylation sites is 1. The summed E-state index contributed by atoms with van der Waals surface area (Å²) in [7, 11) is 0. The fourth-order valence-corrected chi connectivity index (χ4v) is 6.66. The van der Waals surface area contributed by atoms with Crippen LogP contribution in [0.5, 0.6) is 0 Å². The number of hydrogen-bond acceptors (Lipinski definition) is 4. The molecule has 1 heterocycles. The Morgan fingerprint density at radius 1 is 1.08 bits per heavy atom. The van der Waals surface area contributed by atoms with Crippen LogP contribution in [0, 0.1) is 17.8 Å². The van der Waals surface area contributed by atoms with E-state index in [9.17, 15) is 0 Å². The Hall–Kier alpha value is -1.40. The van der Waals surface area contributed by atoms with Crippen molar-refractivity contribution in [1.29, 1.82) is 0 Å². The van der Waals surface area contributed by atoms with E-state index in [2.05, 4.69) is 27.2 Å². The van der Waals surface area contributed by atoms with Gasteiger partial charge in [-0.15, -0.1) is 0 Å². The lowest BCUT2D eigenvalue weighted by atomic mass is 9.53. The number of benzene rings is 1. The molecule has 4 fully saturated rings. The number of nitrogens with zero attached hydrogens (tertiary/aromatic N) is 1. The first-order chi connectivity index (χ1) is 11.7. The van der Waals surface area contributed by atoms with E-state index in [4.69, 9.17) is 12.2 Å².